The highest BCUT2D eigenvalue weighted by atomic mass is 32.2. The first-order valence-corrected chi connectivity index (χ1v) is 11.5. The number of nitrogens with one attached hydrogen (secondary N) is 1. The lowest BCUT2D eigenvalue weighted by Crippen LogP contribution is -2.71. The number of amides is 3. The number of hydrogen-bond acceptors (Lipinski definition) is 12. The van der Waals surface area contributed by atoms with E-state index < -0.39 is 41.3 Å². The van der Waals surface area contributed by atoms with Gasteiger partial charge in [0.2, 0.25) is 0 Å². The summed E-state index contributed by atoms with van der Waals surface area (Å²) in [5, 5.41) is 16.5. The summed E-state index contributed by atoms with van der Waals surface area (Å²) >= 11 is 2.22. The molecule has 1 saturated heterocycles. The number of thioether (sulfide) groups is 1. The van der Waals surface area contributed by atoms with Gasteiger partial charge >= 0.3 is 18.0 Å². The van der Waals surface area contributed by atoms with Gasteiger partial charge in [-0.15, -0.1) is 23.1 Å². The minimum Gasteiger partial charge on any atom is -0.477 e. The van der Waals surface area contributed by atoms with Crippen LogP contribution in [0, 0.1) is 0 Å². The van der Waals surface area contributed by atoms with Gasteiger partial charge in [-0.1, -0.05) is 5.16 Å². The molecule has 0 aromatic carbocycles. The molecule has 1 aromatic heterocycles. The zero-order valence-electron chi connectivity index (χ0n) is 18.1. The van der Waals surface area contributed by atoms with Crippen molar-refractivity contribution in [1.29, 1.82) is 0 Å². The van der Waals surface area contributed by atoms with Crippen LogP contribution < -0.4 is 11.1 Å². The number of aromatic nitrogens is 1. The van der Waals surface area contributed by atoms with Gasteiger partial charge in [0, 0.05) is 37.7 Å². The van der Waals surface area contributed by atoms with Crippen LogP contribution >= 0.6 is 23.1 Å². The summed E-state index contributed by atoms with van der Waals surface area (Å²) in [6.07, 6.45) is -0.660. The van der Waals surface area contributed by atoms with E-state index in [9.17, 15) is 29.1 Å². The SMILES string of the molecule is CC(=O)O/N=C(\C(=O)NC1C(=O)N2C(C(=O)O)=C(COC(=O)N(C)C)CSC12)c1csc(N)n1. The molecule has 182 valence electrons. The average Bonchev–Trinajstić information content (AvgIpc) is 3.20. The third-order valence-electron chi connectivity index (χ3n) is 4.52. The first-order chi connectivity index (χ1) is 16.0. The molecule has 2 aliphatic heterocycles. The molecule has 34 heavy (non-hydrogen) atoms. The summed E-state index contributed by atoms with van der Waals surface area (Å²) in [6, 6.07) is -1.07. The maximum absolute atomic E-state index is 12.8. The summed E-state index contributed by atoms with van der Waals surface area (Å²) in [6.45, 7) is 0.789. The van der Waals surface area contributed by atoms with E-state index >= 15 is 0 Å². The minimum atomic E-state index is -1.37. The monoisotopic (exact) mass is 512 g/mol. The molecule has 0 saturated carbocycles. The highest BCUT2D eigenvalue weighted by Crippen LogP contribution is 2.40. The number of aliphatic carboxylic acids is 1. The van der Waals surface area contributed by atoms with Gasteiger partial charge in [-0.2, -0.15) is 0 Å². The third kappa shape index (κ3) is 5.12. The summed E-state index contributed by atoms with van der Waals surface area (Å²) in [5.41, 5.74) is 5.20. The van der Waals surface area contributed by atoms with Crippen LogP contribution in [0.2, 0.25) is 0 Å². The number of rotatable bonds is 7. The molecule has 3 heterocycles. The summed E-state index contributed by atoms with van der Waals surface area (Å²) in [7, 11) is 2.96. The quantitative estimate of drug-likeness (QED) is 0.183. The van der Waals surface area contributed by atoms with Gasteiger partial charge in [0.1, 0.15) is 29.4 Å². The Bertz CT molecular complexity index is 1110. The smallest absolute Gasteiger partial charge is 0.409 e. The van der Waals surface area contributed by atoms with E-state index in [1.165, 1.54) is 36.1 Å². The molecule has 2 unspecified atom stereocenters. The topological polar surface area (TPSA) is 194 Å². The van der Waals surface area contributed by atoms with E-state index in [1.807, 2.05) is 0 Å². The van der Waals surface area contributed by atoms with Crippen molar-refractivity contribution >= 4 is 63.8 Å². The minimum absolute atomic E-state index is 0.0392. The number of carboxylic acid groups (broad SMARTS) is 1. The molecule has 0 aliphatic carbocycles. The number of anilines is 1. The van der Waals surface area contributed by atoms with Crippen molar-refractivity contribution in [3.05, 3.63) is 22.3 Å². The number of nitrogens with two attached hydrogens (primary N) is 1. The Morgan fingerprint density at radius 2 is 2.09 bits per heavy atom. The molecule has 4 N–H and O–H groups in total. The van der Waals surface area contributed by atoms with Crippen molar-refractivity contribution in [2.45, 2.75) is 18.3 Å². The number of fused-ring (bicyclic) bond motifs is 1. The molecule has 1 aromatic rings. The van der Waals surface area contributed by atoms with Crippen LogP contribution in [0.5, 0.6) is 0 Å². The highest BCUT2D eigenvalue weighted by Gasteiger charge is 2.54. The van der Waals surface area contributed by atoms with Crippen molar-refractivity contribution in [3.63, 3.8) is 0 Å². The molecular formula is C18H20N6O8S2. The number of nitrogens with zero attached hydrogens (tertiary/aromatic N) is 4. The molecule has 0 radical (unpaired) electrons. The number of carbonyl (C=O) groups excluding carboxylic acids is 4. The third-order valence-corrected chi connectivity index (χ3v) is 6.53. The fourth-order valence-corrected chi connectivity index (χ4v) is 4.87. The van der Waals surface area contributed by atoms with Gasteiger partial charge < -0.3 is 30.6 Å². The second-order valence-electron chi connectivity index (χ2n) is 7.16. The maximum atomic E-state index is 12.8. The summed E-state index contributed by atoms with van der Waals surface area (Å²) in [5.74, 6) is -3.53. The van der Waals surface area contributed by atoms with Crippen molar-refractivity contribution in [2.75, 3.05) is 32.2 Å². The molecule has 0 bridgehead atoms. The number of nitrogen functional groups attached to an aromatic ring is 1. The lowest BCUT2D eigenvalue weighted by atomic mass is 10.0. The van der Waals surface area contributed by atoms with E-state index in [2.05, 4.69) is 20.3 Å². The molecule has 0 spiro atoms. The van der Waals surface area contributed by atoms with Crippen LogP contribution in [-0.2, 0) is 28.8 Å². The first-order valence-electron chi connectivity index (χ1n) is 9.53. The van der Waals surface area contributed by atoms with E-state index in [1.54, 1.807) is 0 Å². The second kappa shape index (κ2) is 10.1. The van der Waals surface area contributed by atoms with Crippen molar-refractivity contribution in [2.24, 2.45) is 5.16 Å². The predicted octanol–water partition coefficient (Wildman–Crippen LogP) is -0.571. The van der Waals surface area contributed by atoms with Crippen LogP contribution in [0.25, 0.3) is 0 Å². The Morgan fingerprint density at radius 3 is 2.65 bits per heavy atom. The lowest BCUT2D eigenvalue weighted by molar-refractivity contribution is -0.150. The molecule has 16 heteroatoms. The molecule has 3 rings (SSSR count). The van der Waals surface area contributed by atoms with Crippen LogP contribution in [-0.4, -0.2) is 93.3 Å². The average molecular weight is 513 g/mol. The highest BCUT2D eigenvalue weighted by molar-refractivity contribution is 8.00. The van der Waals surface area contributed by atoms with Crippen LogP contribution in [0.4, 0.5) is 9.93 Å². The van der Waals surface area contributed by atoms with Crippen LogP contribution in [0.15, 0.2) is 21.8 Å². The molecular weight excluding hydrogens is 492 g/mol. The Morgan fingerprint density at radius 1 is 1.38 bits per heavy atom. The van der Waals surface area contributed by atoms with Crippen molar-refractivity contribution in [3.8, 4) is 0 Å². The van der Waals surface area contributed by atoms with Crippen molar-refractivity contribution in [1.82, 2.24) is 20.1 Å². The standard InChI is InChI=1S/C18H20N6O8S2/c1-7(25)32-22-10(9-6-34-17(19)20-9)13(26)21-11-14(27)24-12(16(28)29)8(5-33-15(11)24)4-31-18(30)23(2)3/h6,11,15H,4-5H2,1-3H3,(H2,19,20)(H,21,26)(H,28,29)/b22-10-. The Kier molecular flexibility index (Phi) is 7.41. The fraction of sp³-hybridized carbons (Fsp3) is 0.389. The number of oxime groups is 1. The lowest BCUT2D eigenvalue weighted by Gasteiger charge is -2.49. The maximum Gasteiger partial charge on any atom is 0.409 e. The largest absolute Gasteiger partial charge is 0.477 e. The molecule has 1 fully saturated rings. The Balaban J connectivity index is 1.77. The van der Waals surface area contributed by atoms with Crippen molar-refractivity contribution < 1.29 is 38.7 Å². The van der Waals surface area contributed by atoms with E-state index in [4.69, 9.17) is 10.5 Å². The fourth-order valence-electron chi connectivity index (χ4n) is 2.99. The van der Waals surface area contributed by atoms with Gasteiger partial charge in [-0.3, -0.25) is 14.5 Å². The van der Waals surface area contributed by atoms with Gasteiger partial charge in [-0.05, 0) is 0 Å². The van der Waals surface area contributed by atoms with Gasteiger partial charge in [0.05, 0.1) is 0 Å². The predicted molar refractivity (Wildman–Crippen MR) is 120 cm³/mol. The molecule has 2 aliphatic rings. The summed E-state index contributed by atoms with van der Waals surface area (Å²) < 4.78 is 5.06. The van der Waals surface area contributed by atoms with E-state index in [0.717, 1.165) is 23.2 Å². The summed E-state index contributed by atoms with van der Waals surface area (Å²) in [4.78, 5) is 71.0. The normalized spacial score (nSPS) is 19.7. The zero-order valence-corrected chi connectivity index (χ0v) is 19.8. The zero-order chi connectivity index (χ0) is 25.2. The van der Waals surface area contributed by atoms with Crippen LogP contribution in [0.3, 0.4) is 0 Å². The molecule has 14 nitrogen and oxygen atoms in total. The van der Waals surface area contributed by atoms with Crippen LogP contribution in [0.1, 0.15) is 12.6 Å². The number of β-lactam (4-membered cyclic amide) rings is 1. The number of hydrogen-bond donors (Lipinski definition) is 3. The molecule has 3 amide bonds. The second-order valence-corrected chi connectivity index (χ2v) is 9.16. The Labute approximate surface area is 200 Å². The number of carbonyl (C=O) groups is 5. The Hall–Kier alpha value is -3.66. The molecule has 2 atom stereocenters. The number of carboxylic acids is 1. The van der Waals surface area contributed by atoms with Gasteiger partial charge in [0.15, 0.2) is 10.8 Å². The first kappa shape index (κ1) is 25.0. The van der Waals surface area contributed by atoms with E-state index in [0.29, 0.717) is 0 Å². The van der Waals surface area contributed by atoms with E-state index in [-0.39, 0.29) is 40.2 Å². The number of thiazole rings is 1. The number of ether oxygens (including phenoxy) is 1. The van der Waals surface area contributed by atoms with Gasteiger partial charge in [0.25, 0.3) is 11.8 Å². The van der Waals surface area contributed by atoms with Gasteiger partial charge in [-0.25, -0.2) is 19.4 Å².